The number of carbonyl (C=O) groups is 2. The van der Waals surface area contributed by atoms with Gasteiger partial charge in [-0.25, -0.2) is 4.98 Å². The minimum atomic E-state index is -0.717. The molecule has 2 aromatic carbocycles. The van der Waals surface area contributed by atoms with Gasteiger partial charge in [0.25, 0.3) is 5.91 Å². The van der Waals surface area contributed by atoms with E-state index in [0.717, 1.165) is 72.4 Å². The molecule has 2 N–H and O–H groups in total. The molecule has 0 radical (unpaired) electrons. The maximum Gasteiger partial charge on any atom is 0.307 e. The van der Waals surface area contributed by atoms with Crippen LogP contribution >= 0.6 is 0 Å². The van der Waals surface area contributed by atoms with Crippen molar-refractivity contribution in [3.63, 3.8) is 0 Å². The first kappa shape index (κ1) is 25.7. The first-order valence-electron chi connectivity index (χ1n) is 13.1. The summed E-state index contributed by atoms with van der Waals surface area (Å²) in [5.41, 5.74) is 6.68. The zero-order valence-electron chi connectivity index (χ0n) is 21.8. The standard InChI is InChI=1S/C30H37N3O3/c1-5-7-8-15-33-18-27(29(34)32-26-14-9-19(3)16-20(26)4)31-28(33)22-11-12-24-21(17-22)10-13-25(24)23(6-2)30(35)36/h9,11-12,14,16-18,23,25H,5-8,10,13,15H2,1-4H3,(H,32,34)(H,35,36). The number of amides is 1. The molecule has 0 saturated carbocycles. The average molecular weight is 488 g/mol. The molecule has 36 heavy (non-hydrogen) atoms. The highest BCUT2D eigenvalue weighted by atomic mass is 16.4. The molecule has 3 aromatic rings. The molecule has 0 spiro atoms. The van der Waals surface area contributed by atoms with Crippen molar-refractivity contribution in [3.8, 4) is 11.4 Å². The number of fused-ring (bicyclic) bond motifs is 1. The Balaban J connectivity index is 1.64. The number of aliphatic carboxylic acids is 1. The van der Waals surface area contributed by atoms with Crippen LogP contribution in [0.4, 0.5) is 5.69 Å². The fourth-order valence-electron chi connectivity index (χ4n) is 5.44. The summed E-state index contributed by atoms with van der Waals surface area (Å²) in [6.07, 6.45) is 7.46. The van der Waals surface area contributed by atoms with Gasteiger partial charge in [0.15, 0.2) is 0 Å². The molecule has 0 bridgehead atoms. The Morgan fingerprint density at radius 3 is 2.64 bits per heavy atom. The summed E-state index contributed by atoms with van der Waals surface area (Å²) in [4.78, 5) is 29.7. The van der Waals surface area contributed by atoms with Crippen LogP contribution in [0, 0.1) is 19.8 Å². The Hall–Kier alpha value is -3.41. The first-order valence-corrected chi connectivity index (χ1v) is 13.1. The first-order chi connectivity index (χ1) is 17.3. The quantitative estimate of drug-likeness (QED) is 0.310. The van der Waals surface area contributed by atoms with Crippen LogP contribution < -0.4 is 5.32 Å². The average Bonchev–Trinajstić information content (AvgIpc) is 3.46. The van der Waals surface area contributed by atoms with Crippen LogP contribution in [0.3, 0.4) is 0 Å². The minimum Gasteiger partial charge on any atom is -0.481 e. The number of rotatable bonds is 10. The zero-order chi connectivity index (χ0) is 25.8. The van der Waals surface area contributed by atoms with Gasteiger partial charge in [-0.3, -0.25) is 9.59 Å². The van der Waals surface area contributed by atoms with E-state index in [1.54, 1.807) is 0 Å². The van der Waals surface area contributed by atoms with E-state index in [1.807, 2.05) is 45.2 Å². The van der Waals surface area contributed by atoms with Crippen LogP contribution in [0.1, 0.15) is 84.6 Å². The predicted molar refractivity (Wildman–Crippen MR) is 144 cm³/mol. The van der Waals surface area contributed by atoms with Crippen molar-refractivity contribution in [3.05, 3.63) is 70.5 Å². The fraction of sp³-hybridized carbons (Fsp3) is 0.433. The second-order valence-electron chi connectivity index (χ2n) is 10.0. The van der Waals surface area contributed by atoms with E-state index in [2.05, 4.69) is 35.0 Å². The van der Waals surface area contributed by atoms with Crippen molar-refractivity contribution in [1.82, 2.24) is 9.55 Å². The van der Waals surface area contributed by atoms with Crippen LogP contribution in [0.25, 0.3) is 11.4 Å². The van der Waals surface area contributed by atoms with Crippen LogP contribution in [0.15, 0.2) is 42.6 Å². The molecule has 1 heterocycles. The Kier molecular flexibility index (Phi) is 7.92. The number of aromatic nitrogens is 2. The van der Waals surface area contributed by atoms with Gasteiger partial charge in [0.1, 0.15) is 11.5 Å². The summed E-state index contributed by atoms with van der Waals surface area (Å²) in [6.45, 7) is 8.94. The van der Waals surface area contributed by atoms with Gasteiger partial charge in [0.2, 0.25) is 0 Å². The number of nitrogens with zero attached hydrogens (tertiary/aromatic N) is 2. The molecule has 190 valence electrons. The van der Waals surface area contributed by atoms with Gasteiger partial charge in [-0.1, -0.05) is 56.5 Å². The monoisotopic (exact) mass is 487 g/mol. The highest BCUT2D eigenvalue weighted by molar-refractivity contribution is 6.03. The number of aryl methyl sites for hydroxylation is 4. The maximum absolute atomic E-state index is 13.1. The third-order valence-electron chi connectivity index (χ3n) is 7.41. The molecule has 4 rings (SSSR count). The van der Waals surface area contributed by atoms with E-state index in [-0.39, 0.29) is 17.7 Å². The number of hydrogen-bond donors (Lipinski definition) is 2. The number of anilines is 1. The molecule has 1 aromatic heterocycles. The van der Waals surface area contributed by atoms with E-state index >= 15 is 0 Å². The van der Waals surface area contributed by atoms with Gasteiger partial charge in [-0.2, -0.15) is 0 Å². The van der Waals surface area contributed by atoms with Gasteiger partial charge in [0.05, 0.1) is 5.92 Å². The number of carboxylic acids is 1. The van der Waals surface area contributed by atoms with Crippen molar-refractivity contribution in [2.45, 2.75) is 78.7 Å². The third kappa shape index (κ3) is 5.38. The number of unbranched alkanes of at least 4 members (excludes halogenated alkanes) is 2. The van der Waals surface area contributed by atoms with E-state index in [9.17, 15) is 14.7 Å². The predicted octanol–water partition coefficient (Wildman–Crippen LogP) is 6.75. The molecular weight excluding hydrogens is 450 g/mol. The molecule has 2 unspecified atom stereocenters. The molecule has 1 amide bonds. The largest absolute Gasteiger partial charge is 0.481 e. The summed E-state index contributed by atoms with van der Waals surface area (Å²) < 4.78 is 2.09. The highest BCUT2D eigenvalue weighted by Gasteiger charge is 2.33. The van der Waals surface area contributed by atoms with Crippen molar-refractivity contribution >= 4 is 17.6 Å². The summed E-state index contributed by atoms with van der Waals surface area (Å²) in [6, 6.07) is 12.2. The third-order valence-corrected chi connectivity index (χ3v) is 7.41. The number of hydrogen-bond acceptors (Lipinski definition) is 3. The number of carboxylic acid groups (broad SMARTS) is 1. The van der Waals surface area contributed by atoms with Crippen LogP contribution in [-0.2, 0) is 17.8 Å². The molecule has 6 heteroatoms. The molecule has 0 saturated heterocycles. The zero-order valence-corrected chi connectivity index (χ0v) is 21.8. The van der Waals surface area contributed by atoms with Gasteiger partial charge in [0, 0.05) is 24.0 Å². The van der Waals surface area contributed by atoms with E-state index < -0.39 is 5.97 Å². The molecule has 2 atom stereocenters. The Labute approximate surface area is 213 Å². The van der Waals surface area contributed by atoms with Crippen LogP contribution in [-0.4, -0.2) is 26.5 Å². The number of imidazole rings is 1. The number of nitrogens with one attached hydrogen (secondary N) is 1. The van der Waals surface area contributed by atoms with Crippen LogP contribution in [0.5, 0.6) is 0 Å². The van der Waals surface area contributed by atoms with Crippen molar-refractivity contribution in [1.29, 1.82) is 0 Å². The summed E-state index contributed by atoms with van der Waals surface area (Å²) in [7, 11) is 0. The lowest BCUT2D eigenvalue weighted by atomic mass is 9.85. The molecule has 1 aliphatic rings. The molecule has 6 nitrogen and oxygen atoms in total. The maximum atomic E-state index is 13.1. The number of carbonyl (C=O) groups excluding carboxylic acids is 1. The topological polar surface area (TPSA) is 84.2 Å². The second-order valence-corrected chi connectivity index (χ2v) is 10.0. The molecule has 0 fully saturated rings. The van der Waals surface area contributed by atoms with Crippen molar-refractivity contribution < 1.29 is 14.7 Å². The minimum absolute atomic E-state index is 0.0555. The summed E-state index contributed by atoms with van der Waals surface area (Å²) in [5.74, 6) is -0.446. The molecular formula is C30H37N3O3. The highest BCUT2D eigenvalue weighted by Crippen LogP contribution is 2.41. The van der Waals surface area contributed by atoms with Crippen molar-refractivity contribution in [2.24, 2.45) is 5.92 Å². The summed E-state index contributed by atoms with van der Waals surface area (Å²) >= 11 is 0. The van der Waals surface area contributed by atoms with Crippen LogP contribution in [0.2, 0.25) is 0 Å². The van der Waals surface area contributed by atoms with Gasteiger partial charge in [-0.15, -0.1) is 0 Å². The van der Waals surface area contributed by atoms with Gasteiger partial charge < -0.3 is 15.0 Å². The number of benzene rings is 2. The smallest absolute Gasteiger partial charge is 0.307 e. The lowest BCUT2D eigenvalue weighted by Crippen LogP contribution is -2.19. The normalized spacial score (nSPS) is 15.5. The Bertz CT molecular complexity index is 1260. The van der Waals surface area contributed by atoms with Gasteiger partial charge >= 0.3 is 5.97 Å². The lowest BCUT2D eigenvalue weighted by molar-refractivity contribution is -0.142. The molecule has 0 aliphatic heterocycles. The molecule has 1 aliphatic carbocycles. The Morgan fingerprint density at radius 2 is 1.94 bits per heavy atom. The van der Waals surface area contributed by atoms with E-state index in [0.29, 0.717) is 12.1 Å². The van der Waals surface area contributed by atoms with Gasteiger partial charge in [-0.05, 0) is 74.3 Å². The second kappa shape index (κ2) is 11.1. The van der Waals surface area contributed by atoms with E-state index in [1.165, 1.54) is 5.56 Å². The SMILES string of the molecule is CCCCCn1cc(C(=O)Nc2ccc(C)cc2C)nc1-c1ccc2c(c1)CCC2C(CC)C(=O)O. The Morgan fingerprint density at radius 1 is 1.14 bits per heavy atom. The van der Waals surface area contributed by atoms with E-state index in [4.69, 9.17) is 4.98 Å². The fourth-order valence-corrected chi connectivity index (χ4v) is 5.44. The lowest BCUT2D eigenvalue weighted by Gasteiger charge is -2.19. The van der Waals surface area contributed by atoms with Crippen molar-refractivity contribution in [2.75, 3.05) is 5.32 Å². The summed E-state index contributed by atoms with van der Waals surface area (Å²) in [5, 5.41) is 12.7.